The van der Waals surface area contributed by atoms with Crippen molar-refractivity contribution in [2.75, 3.05) is 90.6 Å². The van der Waals surface area contributed by atoms with Crippen LogP contribution in [0.3, 0.4) is 0 Å². The minimum Gasteiger partial charge on any atom is -0.458 e. The quantitative estimate of drug-likeness (QED) is 0.0400. The first-order chi connectivity index (χ1) is 46.6. The van der Waals surface area contributed by atoms with Gasteiger partial charge in [-0.15, -0.1) is 0 Å². The number of rotatable bonds is 34. The van der Waals surface area contributed by atoms with Crippen molar-refractivity contribution in [2.45, 2.75) is 211 Å². The zero-order valence-corrected chi connectivity index (χ0v) is 60.0. The molecule has 0 bridgehead atoms. The minimum atomic E-state index is -2.15. The lowest BCUT2D eigenvalue weighted by molar-refractivity contribution is -0.176. The Hall–Kier alpha value is -7.93. The normalized spacial score (nSPS) is 17.6. The Balaban J connectivity index is 1.11. The summed E-state index contributed by atoms with van der Waals surface area (Å²) in [5.74, 6) is -7.60. The number of nitrogens with zero attached hydrogens (tertiary/aromatic N) is 6. The lowest BCUT2D eigenvalue weighted by Crippen LogP contribution is -2.54. The van der Waals surface area contributed by atoms with Crippen LogP contribution in [0.25, 0.3) is 0 Å². The topological polar surface area (TPSA) is 247 Å². The van der Waals surface area contributed by atoms with Gasteiger partial charge in [0.25, 0.3) is 17.7 Å². The number of ether oxygens (including phenoxy) is 8. The number of carbonyl (C=O) groups is 9. The first kappa shape index (κ1) is 78.4. The van der Waals surface area contributed by atoms with E-state index in [0.29, 0.717) is 65.4 Å². The predicted molar refractivity (Wildman–Crippen MR) is 364 cm³/mol. The van der Waals surface area contributed by atoms with Gasteiger partial charge in [0, 0.05) is 78.6 Å². The third kappa shape index (κ3) is 24.7. The van der Waals surface area contributed by atoms with Gasteiger partial charge >= 0.3 is 35.9 Å². The standard InChI is InChI=1S/C74H104F2N6O17/c1-48(95-67(87)57(43-52-19-20-52)77(10)65(85)62(34-28-51-25-31-56(32-26-51)82-37-41-93-42-38-82)98-70(90)60(46-74(8,9)76)80(13)71(91)99-72(3,4)5)63(83)79(12)59(45-73(6,7)75)69(89)97-61(33-27-50-23-29-55(30-24-50)81-35-39-92-40-36-81)64(84)78(11)58(44-53-21-22-53)68(88)96-49(2)66(86)94-47-54-17-15-14-16-18-54/h14-18,23-26,29-32,48-49,52-53,57-62H,19-22,27-28,33-47H2,1-13H3/t48-,49-,57+,58+,59+,60+,61-,62-/m1/s1. The molecule has 2 aliphatic heterocycles. The molecule has 3 aromatic carbocycles. The molecular formula is C74H104F2N6O17. The second kappa shape index (κ2) is 35.4. The fraction of sp³-hybridized carbons (Fsp3) is 0.635. The van der Waals surface area contributed by atoms with E-state index in [9.17, 15) is 33.6 Å². The van der Waals surface area contributed by atoms with Gasteiger partial charge in [0.2, 0.25) is 0 Å². The molecular weight excluding hydrogens is 1280 g/mol. The van der Waals surface area contributed by atoms with E-state index < -0.39 is 132 Å². The zero-order valence-electron chi connectivity index (χ0n) is 60.0. The third-order valence-electron chi connectivity index (χ3n) is 18.1. The Morgan fingerprint density at radius 2 is 0.848 bits per heavy atom. The van der Waals surface area contributed by atoms with E-state index in [0.717, 1.165) is 60.5 Å². The van der Waals surface area contributed by atoms with Crippen LogP contribution in [0.1, 0.15) is 143 Å². The number of esters is 5. The van der Waals surface area contributed by atoms with Gasteiger partial charge in [0.15, 0.2) is 24.4 Å². The van der Waals surface area contributed by atoms with Gasteiger partial charge in [-0.1, -0.05) is 80.3 Å². The number of anilines is 2. The molecule has 4 fully saturated rings. The summed E-state index contributed by atoms with van der Waals surface area (Å²) in [6, 6.07) is 18.3. The monoisotopic (exact) mass is 1390 g/mol. The van der Waals surface area contributed by atoms with Gasteiger partial charge in [-0.3, -0.25) is 19.3 Å². The van der Waals surface area contributed by atoms with Gasteiger partial charge in [-0.25, -0.2) is 37.5 Å². The maximum atomic E-state index is 16.1. The van der Waals surface area contributed by atoms with Crippen LogP contribution in [-0.2, 0) is 95.7 Å². The molecule has 3 aromatic rings. The first-order valence-electron chi connectivity index (χ1n) is 34.6. The van der Waals surface area contributed by atoms with Crippen molar-refractivity contribution in [2.24, 2.45) is 11.8 Å². The van der Waals surface area contributed by atoms with Crippen molar-refractivity contribution in [1.29, 1.82) is 0 Å². The van der Waals surface area contributed by atoms with Crippen LogP contribution in [0.5, 0.6) is 0 Å². The molecule has 7 rings (SSSR count). The van der Waals surface area contributed by atoms with Gasteiger partial charge in [-0.2, -0.15) is 0 Å². The van der Waals surface area contributed by atoms with E-state index in [1.165, 1.54) is 69.7 Å². The number of likely N-dealkylation sites (N-methyl/N-ethyl adjacent to an activating group) is 4. The summed E-state index contributed by atoms with van der Waals surface area (Å²) in [5.41, 5.74) is -0.957. The van der Waals surface area contributed by atoms with E-state index >= 15 is 18.4 Å². The molecule has 2 heterocycles. The molecule has 0 radical (unpaired) electrons. The number of morpholine rings is 2. The fourth-order valence-corrected chi connectivity index (χ4v) is 11.8. The second-order valence-electron chi connectivity index (χ2n) is 28.9. The second-order valence-corrected chi connectivity index (χ2v) is 28.9. The summed E-state index contributed by atoms with van der Waals surface area (Å²) in [4.78, 5) is 138. The molecule has 0 spiro atoms. The van der Waals surface area contributed by atoms with Gasteiger partial charge in [0.1, 0.15) is 47.7 Å². The number of carbonyl (C=O) groups excluding carboxylic acids is 9. The summed E-state index contributed by atoms with van der Waals surface area (Å²) < 4.78 is 77.5. The predicted octanol–water partition coefficient (Wildman–Crippen LogP) is 8.95. The number of halogens is 2. The van der Waals surface area contributed by atoms with Gasteiger partial charge in [0.05, 0.1) is 26.4 Å². The molecule has 25 heteroatoms. The Morgan fingerprint density at radius 3 is 1.23 bits per heavy atom. The van der Waals surface area contributed by atoms with Crippen LogP contribution in [-0.4, -0.2) is 220 Å². The van der Waals surface area contributed by atoms with Crippen LogP contribution >= 0.6 is 0 Å². The van der Waals surface area contributed by atoms with Crippen LogP contribution in [0.4, 0.5) is 25.0 Å². The summed E-state index contributed by atoms with van der Waals surface area (Å²) in [7, 11) is 5.20. The van der Waals surface area contributed by atoms with Crippen LogP contribution in [0, 0.1) is 11.8 Å². The Bertz CT molecular complexity index is 3190. The zero-order chi connectivity index (χ0) is 72.5. The van der Waals surface area contributed by atoms with Crippen LogP contribution in [0.15, 0.2) is 78.9 Å². The number of benzene rings is 3. The highest BCUT2D eigenvalue weighted by atomic mass is 19.1. The van der Waals surface area contributed by atoms with E-state index in [-0.39, 0.29) is 57.0 Å². The number of alkyl halides is 2. The summed E-state index contributed by atoms with van der Waals surface area (Å²) >= 11 is 0. The summed E-state index contributed by atoms with van der Waals surface area (Å²) in [6.07, 6.45) is -5.05. The van der Waals surface area contributed by atoms with E-state index in [1.807, 2.05) is 54.6 Å². The molecule has 99 heavy (non-hydrogen) atoms. The van der Waals surface area contributed by atoms with Gasteiger partial charge < -0.3 is 62.4 Å². The number of aryl methyl sites for hydroxylation is 2. The molecule has 23 nitrogen and oxygen atoms in total. The first-order valence-corrected chi connectivity index (χ1v) is 34.6. The van der Waals surface area contributed by atoms with Crippen LogP contribution < -0.4 is 9.80 Å². The molecule has 8 atom stereocenters. The Labute approximate surface area is 581 Å². The van der Waals surface area contributed by atoms with Crippen LogP contribution in [0.2, 0.25) is 0 Å². The molecule has 2 aliphatic carbocycles. The number of amides is 4. The maximum absolute atomic E-state index is 16.1. The molecule has 546 valence electrons. The van der Waals surface area contributed by atoms with E-state index in [4.69, 9.17) is 37.9 Å². The average molecular weight is 1390 g/mol. The molecule has 0 aromatic heterocycles. The van der Waals surface area contributed by atoms with Crippen molar-refractivity contribution in [3.8, 4) is 0 Å². The molecule has 2 saturated heterocycles. The number of hydrogen-bond acceptors (Lipinski definition) is 19. The summed E-state index contributed by atoms with van der Waals surface area (Å²) in [5, 5.41) is 0. The number of hydrogen-bond donors (Lipinski definition) is 0. The summed E-state index contributed by atoms with van der Waals surface area (Å²) in [6.45, 7) is 17.4. The molecule has 0 N–H and O–H groups in total. The van der Waals surface area contributed by atoms with Crippen molar-refractivity contribution in [1.82, 2.24) is 19.6 Å². The molecule has 0 unspecified atom stereocenters. The van der Waals surface area contributed by atoms with Crippen molar-refractivity contribution in [3.63, 3.8) is 0 Å². The third-order valence-corrected chi connectivity index (χ3v) is 18.1. The Kier molecular flexibility index (Phi) is 28.0. The van der Waals surface area contributed by atoms with E-state index in [1.54, 1.807) is 45.0 Å². The largest absolute Gasteiger partial charge is 0.458 e. The van der Waals surface area contributed by atoms with E-state index in [2.05, 4.69) is 9.80 Å². The average Bonchev–Trinajstić information content (AvgIpc) is 1.71. The molecule has 4 amide bonds. The lowest BCUT2D eigenvalue weighted by Gasteiger charge is -2.35. The van der Waals surface area contributed by atoms with Gasteiger partial charge in [-0.05, 0) is 154 Å². The SMILES string of the molecule is C[C@@H](OC(=O)[C@H](CC1CC1)N(C)C(=O)[C@@H](CCc1ccc(N2CCOCC2)cc1)OC(=O)[C@H](CC(C)(C)F)N(C)C(=O)[C@@H](C)OC(=O)[C@H](CC1CC1)N(C)C(=O)[C@@H](CCc1ccc(N2CCOCC2)cc1)OC(=O)[C@H](CC(C)(C)F)N(C)C(=O)OC(C)(C)C)C(=O)OCc1ccccc1. The maximum Gasteiger partial charge on any atom is 0.410 e. The fourth-order valence-electron chi connectivity index (χ4n) is 11.8. The molecule has 2 saturated carbocycles. The smallest absolute Gasteiger partial charge is 0.410 e. The Morgan fingerprint density at radius 1 is 0.475 bits per heavy atom. The van der Waals surface area contributed by atoms with Crippen molar-refractivity contribution < 1.29 is 89.8 Å². The highest BCUT2D eigenvalue weighted by Crippen LogP contribution is 2.37. The highest BCUT2D eigenvalue weighted by molar-refractivity contribution is 5.93. The lowest BCUT2D eigenvalue weighted by atomic mass is 9.99. The highest BCUT2D eigenvalue weighted by Gasteiger charge is 2.45. The molecule has 4 aliphatic rings. The van der Waals surface area contributed by atoms with Crippen molar-refractivity contribution in [3.05, 3.63) is 95.6 Å². The minimum absolute atomic E-state index is 0.0432. The van der Waals surface area contributed by atoms with Crippen molar-refractivity contribution >= 4 is 65.0 Å².